The van der Waals surface area contributed by atoms with E-state index in [2.05, 4.69) is 31.3 Å². The third-order valence-electron chi connectivity index (χ3n) is 14.7. The molecule has 0 fully saturated rings. The standard InChI is InChI=1S/C63H125N2O6P/c1-6-8-10-12-14-16-18-20-22-24-26-28-30-32-33-34-36-38-40-42-44-46-48-50-52-54-56-62(66)61(60-71-72(68,69)70-59-58-65(3,4)5)64-63(67)57-55-53-51-49-47-45-43-41-39-37-35-31-29-27-25-23-21-19-17-15-13-11-9-7-2/h46,48,54,56,61-62,66H,6-45,47,49-53,55,57-60H2,1-5H3,(H-,64,67,68,69)/b48-46+,56-54+. The number of nitrogens with one attached hydrogen (secondary N) is 1. The van der Waals surface area contributed by atoms with E-state index >= 15 is 0 Å². The highest BCUT2D eigenvalue weighted by Gasteiger charge is 2.23. The van der Waals surface area contributed by atoms with Crippen molar-refractivity contribution in [1.29, 1.82) is 0 Å². The number of nitrogens with zero attached hydrogens (tertiary/aromatic N) is 1. The molecule has 0 radical (unpaired) electrons. The van der Waals surface area contributed by atoms with Crippen LogP contribution in [0.1, 0.15) is 322 Å². The van der Waals surface area contributed by atoms with E-state index < -0.39 is 20.0 Å². The van der Waals surface area contributed by atoms with Crippen LogP contribution in [0.3, 0.4) is 0 Å². The molecule has 0 aliphatic heterocycles. The van der Waals surface area contributed by atoms with Crippen LogP contribution in [-0.4, -0.2) is 68.5 Å². The molecule has 0 aromatic rings. The maximum Gasteiger partial charge on any atom is 0.268 e. The monoisotopic (exact) mass is 1040 g/mol. The number of phosphoric acid groups is 1. The molecule has 1 amide bonds. The molecular formula is C63H125N2O6P. The smallest absolute Gasteiger partial charge is 0.268 e. The Morgan fingerprint density at radius 2 is 0.778 bits per heavy atom. The number of allylic oxidation sites excluding steroid dienone is 3. The highest BCUT2D eigenvalue weighted by Crippen LogP contribution is 2.38. The van der Waals surface area contributed by atoms with Crippen molar-refractivity contribution in [2.75, 3.05) is 40.9 Å². The Labute approximate surface area is 449 Å². The summed E-state index contributed by atoms with van der Waals surface area (Å²) in [5.41, 5.74) is 0. The molecule has 0 heterocycles. The lowest BCUT2D eigenvalue weighted by Crippen LogP contribution is -2.45. The van der Waals surface area contributed by atoms with Gasteiger partial charge in [-0.1, -0.05) is 308 Å². The maximum atomic E-state index is 13.0. The molecule has 3 unspecified atom stereocenters. The van der Waals surface area contributed by atoms with Gasteiger partial charge in [-0.15, -0.1) is 0 Å². The van der Waals surface area contributed by atoms with Crippen LogP contribution >= 0.6 is 7.82 Å². The van der Waals surface area contributed by atoms with Gasteiger partial charge < -0.3 is 28.8 Å². The first-order valence-corrected chi connectivity index (χ1v) is 33.2. The van der Waals surface area contributed by atoms with Gasteiger partial charge in [0.25, 0.3) is 7.82 Å². The Morgan fingerprint density at radius 3 is 1.12 bits per heavy atom. The summed E-state index contributed by atoms with van der Waals surface area (Å²) in [6, 6.07) is -0.901. The van der Waals surface area contributed by atoms with E-state index in [0.717, 1.165) is 38.5 Å². The van der Waals surface area contributed by atoms with Crippen LogP contribution in [0.2, 0.25) is 0 Å². The van der Waals surface area contributed by atoms with E-state index in [4.69, 9.17) is 9.05 Å². The molecule has 0 saturated heterocycles. The first kappa shape index (κ1) is 71.0. The summed E-state index contributed by atoms with van der Waals surface area (Å²) in [4.78, 5) is 25.5. The minimum Gasteiger partial charge on any atom is -0.756 e. The zero-order chi connectivity index (χ0) is 52.7. The van der Waals surface area contributed by atoms with Crippen molar-refractivity contribution in [3.63, 3.8) is 0 Å². The molecule has 0 spiro atoms. The van der Waals surface area contributed by atoms with Crippen molar-refractivity contribution in [3.05, 3.63) is 24.3 Å². The number of carbonyl (C=O) groups excluding carboxylic acids is 1. The molecule has 428 valence electrons. The van der Waals surface area contributed by atoms with Crippen molar-refractivity contribution in [2.45, 2.75) is 334 Å². The second kappa shape index (κ2) is 54.8. The molecule has 3 atom stereocenters. The van der Waals surface area contributed by atoms with Gasteiger partial charge in [0.1, 0.15) is 13.2 Å². The highest BCUT2D eigenvalue weighted by molar-refractivity contribution is 7.45. The van der Waals surface area contributed by atoms with Gasteiger partial charge in [-0.2, -0.15) is 0 Å². The van der Waals surface area contributed by atoms with E-state index in [1.54, 1.807) is 6.08 Å². The van der Waals surface area contributed by atoms with E-state index in [9.17, 15) is 19.4 Å². The molecule has 0 aliphatic carbocycles. The van der Waals surface area contributed by atoms with Crippen LogP contribution in [0.25, 0.3) is 0 Å². The second-order valence-corrected chi connectivity index (χ2v) is 24.5. The predicted octanol–water partition coefficient (Wildman–Crippen LogP) is 18.9. The summed E-state index contributed by atoms with van der Waals surface area (Å²) in [7, 11) is 1.26. The normalized spacial score (nSPS) is 13.9. The first-order chi connectivity index (χ1) is 35.0. The molecule has 72 heavy (non-hydrogen) atoms. The minimum absolute atomic E-state index is 0.00354. The van der Waals surface area contributed by atoms with Crippen LogP contribution in [0.15, 0.2) is 24.3 Å². The Hall–Kier alpha value is -1.02. The van der Waals surface area contributed by atoms with Crippen molar-refractivity contribution in [1.82, 2.24) is 5.32 Å². The van der Waals surface area contributed by atoms with Crippen LogP contribution in [0.4, 0.5) is 0 Å². The van der Waals surface area contributed by atoms with Crippen molar-refractivity contribution in [2.24, 2.45) is 0 Å². The lowest BCUT2D eigenvalue weighted by atomic mass is 10.0. The molecule has 0 aromatic carbocycles. The second-order valence-electron chi connectivity index (χ2n) is 23.1. The van der Waals surface area contributed by atoms with Crippen LogP contribution in [-0.2, 0) is 18.4 Å². The van der Waals surface area contributed by atoms with Gasteiger partial charge in [0.05, 0.1) is 39.9 Å². The fourth-order valence-corrected chi connectivity index (χ4v) is 10.4. The first-order valence-electron chi connectivity index (χ1n) is 31.7. The van der Waals surface area contributed by atoms with E-state index in [1.807, 2.05) is 27.2 Å². The molecule has 2 N–H and O–H groups in total. The molecule has 0 rings (SSSR count). The average Bonchev–Trinajstić information content (AvgIpc) is 3.34. The molecular weight excluding hydrogens is 912 g/mol. The summed E-state index contributed by atoms with van der Waals surface area (Å²) in [6.07, 6.45) is 69.9. The van der Waals surface area contributed by atoms with Gasteiger partial charge in [0.2, 0.25) is 5.91 Å². The van der Waals surface area contributed by atoms with Crippen LogP contribution in [0, 0.1) is 0 Å². The zero-order valence-electron chi connectivity index (χ0n) is 48.9. The lowest BCUT2D eigenvalue weighted by molar-refractivity contribution is -0.870. The Balaban J connectivity index is 4.16. The summed E-state index contributed by atoms with van der Waals surface area (Å²) in [5.74, 6) is -0.200. The summed E-state index contributed by atoms with van der Waals surface area (Å²) >= 11 is 0. The molecule has 0 aliphatic rings. The van der Waals surface area contributed by atoms with Gasteiger partial charge in [0, 0.05) is 6.42 Å². The third-order valence-corrected chi connectivity index (χ3v) is 15.6. The molecule has 0 saturated carbocycles. The van der Waals surface area contributed by atoms with Crippen molar-refractivity contribution >= 4 is 13.7 Å². The Bertz CT molecular complexity index is 1220. The van der Waals surface area contributed by atoms with E-state index in [1.165, 1.54) is 263 Å². The zero-order valence-corrected chi connectivity index (χ0v) is 49.8. The highest BCUT2D eigenvalue weighted by atomic mass is 31.2. The van der Waals surface area contributed by atoms with Gasteiger partial charge >= 0.3 is 0 Å². The average molecular weight is 1040 g/mol. The van der Waals surface area contributed by atoms with Crippen molar-refractivity contribution < 1.29 is 32.9 Å². The van der Waals surface area contributed by atoms with E-state index in [0.29, 0.717) is 17.4 Å². The minimum atomic E-state index is -4.61. The predicted molar refractivity (Wildman–Crippen MR) is 312 cm³/mol. The van der Waals surface area contributed by atoms with Gasteiger partial charge in [-0.05, 0) is 32.1 Å². The number of quaternary nitrogens is 1. The quantitative estimate of drug-likeness (QED) is 0.0272. The SMILES string of the molecule is CCCCCCCCCCCCCCCCCCCCCC/C=C/CC/C=C/C(O)C(COP(=O)([O-])OCC[N+](C)(C)C)NC(=O)CCCCCCCCCCCCCCCCCCCCCCCCCC. The molecule has 8 nitrogen and oxygen atoms in total. The number of carbonyl (C=O) groups is 1. The number of unbranched alkanes of at least 4 members (excludes halogenated alkanes) is 44. The summed E-state index contributed by atoms with van der Waals surface area (Å²) in [5, 5.41) is 13.9. The molecule has 9 heteroatoms. The van der Waals surface area contributed by atoms with E-state index in [-0.39, 0.29) is 19.1 Å². The number of phosphoric ester groups is 1. The third kappa shape index (κ3) is 56.7. The topological polar surface area (TPSA) is 108 Å². The Kier molecular flexibility index (Phi) is 54.0. The van der Waals surface area contributed by atoms with Gasteiger partial charge in [-0.3, -0.25) is 9.36 Å². The number of aliphatic hydroxyl groups excluding tert-OH is 1. The summed E-state index contributed by atoms with van der Waals surface area (Å²) < 4.78 is 23.4. The number of amides is 1. The van der Waals surface area contributed by atoms with Crippen LogP contribution < -0.4 is 10.2 Å². The lowest BCUT2D eigenvalue weighted by Gasteiger charge is -2.29. The number of hydrogen-bond acceptors (Lipinski definition) is 6. The van der Waals surface area contributed by atoms with Crippen molar-refractivity contribution in [3.8, 4) is 0 Å². The van der Waals surface area contributed by atoms with Gasteiger partial charge in [0.15, 0.2) is 0 Å². The molecule has 0 aromatic heterocycles. The Morgan fingerprint density at radius 1 is 0.472 bits per heavy atom. The summed E-state index contributed by atoms with van der Waals surface area (Å²) in [6.45, 7) is 4.69. The number of likely N-dealkylation sites (N-methyl/N-ethyl adjacent to an activating group) is 1. The fraction of sp³-hybridized carbons (Fsp3) is 0.921. The number of rotatable bonds is 59. The van der Waals surface area contributed by atoms with Gasteiger partial charge in [-0.25, -0.2) is 0 Å². The fourth-order valence-electron chi connectivity index (χ4n) is 9.70. The number of aliphatic hydroxyl groups is 1. The largest absolute Gasteiger partial charge is 0.756 e. The van der Waals surface area contributed by atoms with Crippen LogP contribution in [0.5, 0.6) is 0 Å². The number of hydrogen-bond donors (Lipinski definition) is 2. The molecule has 0 bridgehead atoms. The maximum absolute atomic E-state index is 13.0.